The van der Waals surface area contributed by atoms with Gasteiger partial charge in [0.15, 0.2) is 0 Å². The Kier molecular flexibility index (Phi) is 22.3. The standard InChI is InChI=1S/C58H42N2.C22H14Cl2.C18H15N.Y.H2/c1-5-17-43(18-6-1)45-31-36-52(37-32-45)59(50-24-9-3-10-25-50)54-28-15-22-48(41-54)57-40-35-47-21-13-14-30-56(47)58(57)49-23-16-29-55(42-49)60(51-26-11-4-12-27-51)53-38-33-46(34-39-53)44-19-7-2-8-20-44;23-18-8-3-6-16(13-18)21-12-11-15-5-1-2-10-20(15)22(21)17-7-4-9-19(24)14-17;1-3-7-15(8-4-1)16-11-13-18(14-12-16)19-17-9-5-2-6-10-17;;/h1-42H;1-14H;1-14,19H;;1H/i;;;;1+1. The van der Waals surface area contributed by atoms with E-state index in [1.165, 1.54) is 71.6 Å². The van der Waals surface area contributed by atoms with Crippen molar-refractivity contribution in [2.45, 2.75) is 0 Å². The Morgan fingerprint density at radius 2 is 0.481 bits per heavy atom. The van der Waals surface area contributed by atoms with E-state index in [4.69, 9.17) is 23.2 Å². The van der Waals surface area contributed by atoms with Crippen LogP contribution in [0.5, 0.6) is 0 Å². The first kappa shape index (κ1) is 69.4. The van der Waals surface area contributed by atoms with Crippen LogP contribution in [0.3, 0.4) is 0 Å². The van der Waals surface area contributed by atoms with E-state index >= 15 is 0 Å². The summed E-state index contributed by atoms with van der Waals surface area (Å²) < 4.78 is 0. The Bertz CT molecular complexity index is 5660. The van der Waals surface area contributed by atoms with Crippen LogP contribution in [0.1, 0.15) is 1.43 Å². The Hall–Kier alpha value is -11.7. The number of anilines is 8. The number of halogens is 2. The average Bonchev–Trinajstić information content (AvgIpc) is 0.772. The molecule has 0 aliphatic heterocycles. The molecule has 0 heterocycles. The van der Waals surface area contributed by atoms with Gasteiger partial charge >= 0.3 is 0 Å². The van der Waals surface area contributed by atoms with Crippen LogP contribution >= 0.6 is 23.2 Å². The molecule has 17 rings (SSSR count). The fraction of sp³-hybridized carbons (Fsp3) is 0. The fourth-order valence-electron chi connectivity index (χ4n) is 13.5. The predicted octanol–water partition coefficient (Wildman–Crippen LogP) is 29.3. The maximum absolute atomic E-state index is 6.25. The maximum atomic E-state index is 6.25. The van der Waals surface area contributed by atoms with Crippen LogP contribution in [-0.4, -0.2) is 0 Å². The molecule has 0 amide bonds. The summed E-state index contributed by atoms with van der Waals surface area (Å²) >= 11 is 12.5. The van der Waals surface area contributed by atoms with Gasteiger partial charge in [0.1, 0.15) is 0 Å². The summed E-state index contributed by atoms with van der Waals surface area (Å²) in [6.45, 7) is 0. The molecule has 3 nitrogen and oxygen atoms in total. The Morgan fingerprint density at radius 1 is 0.202 bits per heavy atom. The van der Waals surface area contributed by atoms with Crippen LogP contribution in [0.15, 0.2) is 425 Å². The van der Waals surface area contributed by atoms with E-state index in [9.17, 15) is 0 Å². The van der Waals surface area contributed by atoms with Crippen molar-refractivity contribution in [1.29, 1.82) is 0 Å². The molecule has 0 aliphatic rings. The molecule has 0 bridgehead atoms. The van der Waals surface area contributed by atoms with Gasteiger partial charge in [-0.15, -0.1) is 0 Å². The number of para-hydroxylation sites is 3. The molecule has 0 atom stereocenters. The van der Waals surface area contributed by atoms with E-state index in [-0.39, 0.29) is 34.1 Å². The molecule has 6 heteroatoms. The van der Waals surface area contributed by atoms with E-state index in [2.05, 4.69) is 379 Å². The summed E-state index contributed by atoms with van der Waals surface area (Å²) in [5.74, 6) is 0. The number of nitrogens with zero attached hydrogens (tertiary/aromatic N) is 2. The van der Waals surface area contributed by atoms with Crippen molar-refractivity contribution in [3.8, 4) is 77.9 Å². The zero-order valence-corrected chi connectivity index (χ0v) is 61.5. The van der Waals surface area contributed by atoms with Crippen molar-refractivity contribution in [2.75, 3.05) is 15.1 Å². The second-order valence-corrected chi connectivity index (χ2v) is 26.0. The number of nitrogens with one attached hydrogen (secondary N) is 1. The summed E-state index contributed by atoms with van der Waals surface area (Å²) in [6, 6.07) is 149. The number of hydrogen-bond donors (Lipinski definition) is 1. The molecule has 0 fully saturated rings. The second-order valence-electron chi connectivity index (χ2n) is 25.1. The number of benzene rings is 17. The molecule has 0 aromatic heterocycles. The SMILES string of the molecule is Clc1cccc(-c2ccc3ccccc3c2-c2cccc(Cl)c2)c1.[2HH].[Y].c1ccc(-c2ccc(N(c3ccccc3)c3cccc(-c4ccc5ccccc5c4-c4cccc(N(c5ccccc5)c5ccc(-c6ccccc6)cc5)c4)c3)cc2)cc1.c1ccc(Nc2ccc(-c3ccccc3)cc2)cc1. The van der Waals surface area contributed by atoms with Crippen molar-refractivity contribution < 1.29 is 34.1 Å². The van der Waals surface area contributed by atoms with Gasteiger partial charge in [-0.2, -0.15) is 0 Å². The molecule has 104 heavy (non-hydrogen) atoms. The van der Waals surface area contributed by atoms with Gasteiger partial charge in [0, 0.05) is 89.7 Å². The van der Waals surface area contributed by atoms with Crippen LogP contribution < -0.4 is 15.1 Å². The fourth-order valence-corrected chi connectivity index (χ4v) is 13.9. The quantitative estimate of drug-likeness (QED) is 0.110. The molecule has 0 saturated heterocycles. The molecule has 17 aromatic rings. The third-order valence-electron chi connectivity index (χ3n) is 18.5. The Morgan fingerprint density at radius 3 is 0.904 bits per heavy atom. The number of fused-ring (bicyclic) bond motifs is 2. The van der Waals surface area contributed by atoms with Crippen LogP contribution in [0.25, 0.3) is 99.4 Å². The van der Waals surface area contributed by atoms with E-state index in [1.54, 1.807) is 0 Å². The third kappa shape index (κ3) is 16.3. The summed E-state index contributed by atoms with van der Waals surface area (Å²) in [5, 5.41) is 9.69. The van der Waals surface area contributed by atoms with Gasteiger partial charge in [-0.3, -0.25) is 0 Å². The summed E-state index contributed by atoms with van der Waals surface area (Å²) in [6.07, 6.45) is 0. The smallest absolute Gasteiger partial charge is 0.0467 e. The first-order chi connectivity index (χ1) is 50.9. The Labute approximate surface area is 646 Å². The molecule has 0 unspecified atom stereocenters. The van der Waals surface area contributed by atoms with Gasteiger partial charge in [0.2, 0.25) is 0 Å². The first-order valence-corrected chi connectivity index (χ1v) is 35.4. The molecular weight excluding hydrogens is 1380 g/mol. The van der Waals surface area contributed by atoms with Crippen molar-refractivity contribution in [3.05, 3.63) is 435 Å². The zero-order chi connectivity index (χ0) is 69.5. The molecule has 0 saturated carbocycles. The molecule has 0 aliphatic carbocycles. The van der Waals surface area contributed by atoms with Gasteiger partial charge in [-0.25, -0.2) is 0 Å². The Balaban J connectivity index is 0.000000176. The van der Waals surface area contributed by atoms with Gasteiger partial charge in [0.25, 0.3) is 0 Å². The van der Waals surface area contributed by atoms with E-state index in [0.717, 1.165) is 83.4 Å². The first-order valence-electron chi connectivity index (χ1n) is 34.7. The molecular formula is C98H73Cl2N3Y. The normalized spacial score (nSPS) is 10.7. The molecule has 0 spiro atoms. The summed E-state index contributed by atoms with van der Waals surface area (Å²) in [7, 11) is 0. The molecule has 1 radical (unpaired) electrons. The van der Waals surface area contributed by atoms with Crippen molar-refractivity contribution in [1.82, 2.24) is 0 Å². The van der Waals surface area contributed by atoms with Crippen molar-refractivity contribution in [3.63, 3.8) is 0 Å². The summed E-state index contributed by atoms with van der Waals surface area (Å²) in [5.41, 5.74) is 25.3. The zero-order valence-electron chi connectivity index (χ0n) is 57.1. The van der Waals surface area contributed by atoms with E-state index in [0.29, 0.717) is 0 Å². The minimum atomic E-state index is 0. The van der Waals surface area contributed by atoms with Gasteiger partial charge < -0.3 is 15.1 Å². The second kappa shape index (κ2) is 33.4. The monoisotopic (exact) mass is 1450 g/mol. The van der Waals surface area contributed by atoms with Crippen LogP contribution in [-0.2, 0) is 32.7 Å². The van der Waals surface area contributed by atoms with E-state index in [1.807, 2.05) is 60.7 Å². The summed E-state index contributed by atoms with van der Waals surface area (Å²) in [4.78, 5) is 4.70. The number of hydrogen-bond acceptors (Lipinski definition) is 3. The van der Waals surface area contributed by atoms with Gasteiger partial charge in [0.05, 0.1) is 0 Å². The van der Waals surface area contributed by atoms with Crippen LogP contribution in [0.4, 0.5) is 45.5 Å². The van der Waals surface area contributed by atoms with E-state index < -0.39 is 0 Å². The van der Waals surface area contributed by atoms with Gasteiger partial charge in [-0.05, 0) is 221 Å². The van der Waals surface area contributed by atoms with Gasteiger partial charge in [-0.1, -0.05) is 327 Å². The number of rotatable bonds is 15. The molecule has 1 N–H and O–H groups in total. The van der Waals surface area contributed by atoms with Crippen LogP contribution in [0, 0.1) is 0 Å². The molecule has 497 valence electrons. The minimum absolute atomic E-state index is 0. The average molecular weight is 1450 g/mol. The van der Waals surface area contributed by atoms with Crippen LogP contribution in [0.2, 0.25) is 10.0 Å². The predicted molar refractivity (Wildman–Crippen MR) is 444 cm³/mol. The molecule has 17 aromatic carbocycles. The van der Waals surface area contributed by atoms with Crippen molar-refractivity contribution >= 4 is 90.2 Å². The largest absolute Gasteiger partial charge is 0.356 e. The minimum Gasteiger partial charge on any atom is -0.356 e. The maximum Gasteiger partial charge on any atom is 0.0467 e. The van der Waals surface area contributed by atoms with Crippen molar-refractivity contribution in [2.24, 2.45) is 0 Å². The topological polar surface area (TPSA) is 18.5 Å². The third-order valence-corrected chi connectivity index (χ3v) is 18.9.